The predicted octanol–water partition coefficient (Wildman–Crippen LogP) is 6.28. The van der Waals surface area contributed by atoms with Gasteiger partial charge in [-0.05, 0) is 6.42 Å². The molecule has 0 aliphatic rings. The molecule has 0 radical (unpaired) electrons. The van der Waals surface area contributed by atoms with Crippen molar-refractivity contribution in [3.8, 4) is 0 Å². The lowest BCUT2D eigenvalue weighted by Crippen LogP contribution is -2.09. The third kappa shape index (κ3) is 15.6. The van der Waals surface area contributed by atoms with Crippen LogP contribution in [-0.4, -0.2) is 26.4 Å². The quantitative estimate of drug-likeness (QED) is 0.217. The van der Waals surface area contributed by atoms with E-state index in [0.717, 1.165) is 12.8 Å². The van der Waals surface area contributed by atoms with E-state index < -0.39 is 7.60 Å². The highest BCUT2D eigenvalue weighted by Gasteiger charge is 2.21. The van der Waals surface area contributed by atoms with Crippen LogP contribution < -0.4 is 5.73 Å². The lowest BCUT2D eigenvalue weighted by atomic mass is 10.0. The van der Waals surface area contributed by atoms with Crippen LogP contribution in [0.4, 0.5) is 0 Å². The molecule has 0 amide bonds. The van der Waals surface area contributed by atoms with Gasteiger partial charge in [0.05, 0.1) is 12.8 Å². The normalized spacial score (nSPS) is 14.0. The molecule has 2 N–H and O–H groups in total. The smallest absolute Gasteiger partial charge is 0.328 e. The highest BCUT2D eigenvalue weighted by molar-refractivity contribution is 7.53. The maximum absolute atomic E-state index is 12.2. The van der Waals surface area contributed by atoms with E-state index in [1.807, 2.05) is 0 Å². The minimum absolute atomic E-state index is 0.309. The van der Waals surface area contributed by atoms with Gasteiger partial charge >= 0.3 is 7.60 Å². The van der Waals surface area contributed by atoms with Crippen LogP contribution in [0, 0.1) is 0 Å². The molecule has 1 unspecified atom stereocenters. The van der Waals surface area contributed by atoms with Gasteiger partial charge in [-0.1, -0.05) is 90.4 Å². The van der Waals surface area contributed by atoms with Gasteiger partial charge < -0.3 is 14.8 Å². The predicted molar refractivity (Wildman–Crippen MR) is 105 cm³/mol. The molecule has 146 valence electrons. The Hall–Kier alpha value is 0.110. The zero-order valence-corrected chi connectivity index (χ0v) is 17.2. The van der Waals surface area contributed by atoms with Gasteiger partial charge in [0.25, 0.3) is 0 Å². The fourth-order valence-electron chi connectivity index (χ4n) is 2.90. The van der Waals surface area contributed by atoms with Crippen molar-refractivity contribution < 1.29 is 13.6 Å². The van der Waals surface area contributed by atoms with Gasteiger partial charge in [0.2, 0.25) is 0 Å². The minimum atomic E-state index is -2.88. The van der Waals surface area contributed by atoms with Gasteiger partial charge in [0, 0.05) is 13.7 Å². The summed E-state index contributed by atoms with van der Waals surface area (Å²) in [6.45, 7) is 2.96. The molecule has 0 fully saturated rings. The summed E-state index contributed by atoms with van der Waals surface area (Å²) in [5.41, 5.74) is 5.37. The molecule has 0 spiro atoms. The van der Waals surface area contributed by atoms with Crippen molar-refractivity contribution in [1.29, 1.82) is 0 Å². The summed E-state index contributed by atoms with van der Waals surface area (Å²) in [7, 11) is -1.42. The van der Waals surface area contributed by atoms with Gasteiger partial charge in [-0.3, -0.25) is 4.57 Å². The Morgan fingerprint density at radius 2 is 1.17 bits per heavy atom. The number of unbranched alkanes of at least 4 members (excludes halogenated alkanes) is 13. The summed E-state index contributed by atoms with van der Waals surface area (Å²) in [6.07, 6.45) is 19.0. The minimum Gasteiger partial charge on any atom is -0.328 e. The molecule has 24 heavy (non-hydrogen) atoms. The van der Waals surface area contributed by atoms with Gasteiger partial charge in [-0.15, -0.1) is 0 Å². The van der Waals surface area contributed by atoms with E-state index in [1.54, 1.807) is 0 Å². The number of nitrogens with two attached hydrogens (primary N) is 1. The first-order chi connectivity index (χ1) is 11.7. The first-order valence-corrected chi connectivity index (χ1v) is 11.9. The summed E-state index contributed by atoms with van der Waals surface area (Å²) in [5.74, 6) is 0. The average Bonchev–Trinajstić information content (AvgIpc) is 2.60. The fourth-order valence-corrected chi connectivity index (χ4v) is 4.31. The highest BCUT2D eigenvalue weighted by Crippen LogP contribution is 2.47. The molecule has 1 atom stereocenters. The van der Waals surface area contributed by atoms with Gasteiger partial charge in [0.1, 0.15) is 0 Å². The standard InChI is InChI=1S/C19H42NO3P/c1-3-4-5-6-7-8-9-10-11-12-13-14-15-16-19-24(21,22-2)23-18-17-20/h3-20H2,1-2H3. The van der Waals surface area contributed by atoms with E-state index >= 15 is 0 Å². The number of hydrogen-bond donors (Lipinski definition) is 1. The maximum Gasteiger partial charge on any atom is 0.330 e. The van der Waals surface area contributed by atoms with Crippen molar-refractivity contribution in [1.82, 2.24) is 0 Å². The molecule has 0 aromatic carbocycles. The van der Waals surface area contributed by atoms with Crippen LogP contribution in [0.2, 0.25) is 0 Å². The molecule has 0 aromatic rings. The van der Waals surface area contributed by atoms with Crippen molar-refractivity contribution in [2.45, 2.75) is 96.8 Å². The molecule has 0 aliphatic heterocycles. The Labute approximate surface area is 150 Å². The van der Waals surface area contributed by atoms with Gasteiger partial charge in [0.15, 0.2) is 0 Å². The molecular formula is C19H42NO3P. The highest BCUT2D eigenvalue weighted by atomic mass is 31.2. The summed E-state index contributed by atoms with van der Waals surface area (Å²) in [6, 6.07) is 0. The Morgan fingerprint density at radius 3 is 1.54 bits per heavy atom. The summed E-state index contributed by atoms with van der Waals surface area (Å²) in [5, 5.41) is 0. The van der Waals surface area contributed by atoms with E-state index in [9.17, 15) is 4.57 Å². The zero-order chi connectivity index (χ0) is 17.9. The topological polar surface area (TPSA) is 61.5 Å². The molecular weight excluding hydrogens is 321 g/mol. The Kier molecular flexibility index (Phi) is 18.0. The molecule has 0 heterocycles. The molecule has 0 rings (SSSR count). The molecule has 0 aromatic heterocycles. The van der Waals surface area contributed by atoms with Gasteiger partial charge in [-0.2, -0.15) is 0 Å². The molecule has 5 heteroatoms. The largest absolute Gasteiger partial charge is 0.330 e. The fraction of sp³-hybridized carbons (Fsp3) is 1.00. The maximum atomic E-state index is 12.2. The second-order valence-corrected chi connectivity index (χ2v) is 9.03. The van der Waals surface area contributed by atoms with E-state index in [4.69, 9.17) is 14.8 Å². The second kappa shape index (κ2) is 17.9. The molecule has 0 saturated heterocycles. The summed E-state index contributed by atoms with van der Waals surface area (Å²) < 4.78 is 22.4. The molecule has 0 bridgehead atoms. The Balaban J connectivity index is 3.29. The van der Waals surface area contributed by atoms with E-state index in [0.29, 0.717) is 19.3 Å². The van der Waals surface area contributed by atoms with Crippen LogP contribution in [-0.2, 0) is 13.6 Å². The molecule has 0 aliphatic carbocycles. The second-order valence-electron chi connectivity index (χ2n) is 6.74. The average molecular weight is 364 g/mol. The van der Waals surface area contributed by atoms with Crippen molar-refractivity contribution in [2.75, 3.05) is 26.4 Å². The van der Waals surface area contributed by atoms with Gasteiger partial charge in [-0.25, -0.2) is 0 Å². The van der Waals surface area contributed by atoms with Crippen molar-refractivity contribution in [3.63, 3.8) is 0 Å². The van der Waals surface area contributed by atoms with E-state index in [-0.39, 0.29) is 0 Å². The number of hydrogen-bond acceptors (Lipinski definition) is 4. The Morgan fingerprint density at radius 1 is 0.750 bits per heavy atom. The SMILES string of the molecule is CCCCCCCCCCCCCCCCP(=O)(OC)OCCN. The summed E-state index contributed by atoms with van der Waals surface area (Å²) >= 11 is 0. The van der Waals surface area contributed by atoms with Crippen LogP contribution in [0.1, 0.15) is 96.8 Å². The molecule has 0 saturated carbocycles. The summed E-state index contributed by atoms with van der Waals surface area (Å²) in [4.78, 5) is 0. The van der Waals surface area contributed by atoms with E-state index in [2.05, 4.69) is 6.92 Å². The number of rotatable bonds is 19. The van der Waals surface area contributed by atoms with Crippen molar-refractivity contribution in [3.05, 3.63) is 0 Å². The monoisotopic (exact) mass is 363 g/mol. The first kappa shape index (κ1) is 24.1. The third-order valence-corrected chi connectivity index (χ3v) is 6.47. The lowest BCUT2D eigenvalue weighted by molar-refractivity contribution is 0.238. The third-order valence-electron chi connectivity index (χ3n) is 4.47. The van der Waals surface area contributed by atoms with Crippen LogP contribution in [0.5, 0.6) is 0 Å². The molecule has 4 nitrogen and oxygen atoms in total. The zero-order valence-electron chi connectivity index (χ0n) is 16.3. The first-order valence-electron chi connectivity index (χ1n) is 10.2. The van der Waals surface area contributed by atoms with Crippen LogP contribution in [0.3, 0.4) is 0 Å². The van der Waals surface area contributed by atoms with Crippen molar-refractivity contribution in [2.24, 2.45) is 5.73 Å². The van der Waals surface area contributed by atoms with Crippen LogP contribution >= 0.6 is 7.60 Å². The van der Waals surface area contributed by atoms with E-state index in [1.165, 1.54) is 84.2 Å². The van der Waals surface area contributed by atoms with Crippen molar-refractivity contribution >= 4 is 7.60 Å². The Bertz CT molecular complexity index is 300. The lowest BCUT2D eigenvalue weighted by Gasteiger charge is -2.15. The van der Waals surface area contributed by atoms with Crippen LogP contribution in [0.15, 0.2) is 0 Å². The van der Waals surface area contributed by atoms with Crippen LogP contribution in [0.25, 0.3) is 0 Å².